The highest BCUT2D eigenvalue weighted by molar-refractivity contribution is 5.70. The van der Waals surface area contributed by atoms with Crippen LogP contribution in [-0.4, -0.2) is 23.7 Å². The second-order valence-corrected chi connectivity index (χ2v) is 5.52. The molecule has 2 rings (SSSR count). The van der Waals surface area contributed by atoms with E-state index >= 15 is 0 Å². The van der Waals surface area contributed by atoms with Gasteiger partial charge in [0.2, 0.25) is 0 Å². The standard InChI is InChI=1S/C13H23NO2/c1-9(10-6-7-10)14-8-11-4-2-3-5-12(11)13(15)16/h9-12,14H,2-8H2,1H3,(H,15,16). The summed E-state index contributed by atoms with van der Waals surface area (Å²) in [6, 6.07) is 0.580. The average molecular weight is 225 g/mol. The zero-order valence-corrected chi connectivity index (χ0v) is 10.1. The monoisotopic (exact) mass is 225 g/mol. The van der Waals surface area contributed by atoms with Crippen LogP contribution in [0.5, 0.6) is 0 Å². The van der Waals surface area contributed by atoms with Crippen LogP contribution in [0.25, 0.3) is 0 Å². The predicted octanol–water partition coefficient (Wildman–Crippen LogP) is 2.27. The molecule has 0 radical (unpaired) electrons. The van der Waals surface area contributed by atoms with Gasteiger partial charge in [-0.3, -0.25) is 4.79 Å². The minimum Gasteiger partial charge on any atom is -0.481 e. The van der Waals surface area contributed by atoms with E-state index in [2.05, 4.69) is 12.2 Å². The van der Waals surface area contributed by atoms with Crippen LogP contribution in [0.3, 0.4) is 0 Å². The molecule has 3 nitrogen and oxygen atoms in total. The fourth-order valence-electron chi connectivity index (χ4n) is 2.88. The van der Waals surface area contributed by atoms with Crippen LogP contribution >= 0.6 is 0 Å². The smallest absolute Gasteiger partial charge is 0.306 e. The highest BCUT2D eigenvalue weighted by Crippen LogP contribution is 2.33. The van der Waals surface area contributed by atoms with E-state index in [9.17, 15) is 4.79 Å². The first-order valence-corrected chi connectivity index (χ1v) is 6.64. The Labute approximate surface area is 97.6 Å². The zero-order chi connectivity index (χ0) is 11.5. The summed E-state index contributed by atoms with van der Waals surface area (Å²) in [4.78, 5) is 11.1. The fourth-order valence-corrected chi connectivity index (χ4v) is 2.88. The maximum atomic E-state index is 11.1. The van der Waals surface area contributed by atoms with Crippen LogP contribution in [0.4, 0.5) is 0 Å². The van der Waals surface area contributed by atoms with E-state index < -0.39 is 5.97 Å². The topological polar surface area (TPSA) is 49.3 Å². The van der Waals surface area contributed by atoms with Gasteiger partial charge in [-0.05, 0) is 51.0 Å². The maximum absolute atomic E-state index is 11.1. The molecular weight excluding hydrogens is 202 g/mol. The number of aliphatic carboxylic acids is 1. The maximum Gasteiger partial charge on any atom is 0.306 e. The molecule has 0 aliphatic heterocycles. The molecule has 2 saturated carbocycles. The third kappa shape index (κ3) is 2.97. The Kier molecular flexibility index (Phi) is 3.85. The highest BCUT2D eigenvalue weighted by Gasteiger charge is 2.32. The number of nitrogens with one attached hydrogen (secondary N) is 1. The van der Waals surface area contributed by atoms with Gasteiger partial charge in [-0.15, -0.1) is 0 Å². The van der Waals surface area contributed by atoms with Crippen LogP contribution < -0.4 is 5.32 Å². The summed E-state index contributed by atoms with van der Waals surface area (Å²) in [5, 5.41) is 12.7. The van der Waals surface area contributed by atoms with Crippen molar-refractivity contribution in [2.24, 2.45) is 17.8 Å². The van der Waals surface area contributed by atoms with Gasteiger partial charge in [0.15, 0.2) is 0 Å². The minimum absolute atomic E-state index is 0.104. The normalized spacial score (nSPS) is 32.3. The third-order valence-electron chi connectivity index (χ3n) is 4.26. The van der Waals surface area contributed by atoms with Gasteiger partial charge in [0.25, 0.3) is 0 Å². The molecule has 0 amide bonds. The van der Waals surface area contributed by atoms with Gasteiger partial charge in [-0.25, -0.2) is 0 Å². The average Bonchev–Trinajstić information content (AvgIpc) is 3.10. The van der Waals surface area contributed by atoms with E-state index in [4.69, 9.17) is 5.11 Å². The number of carbonyl (C=O) groups is 1. The second-order valence-electron chi connectivity index (χ2n) is 5.52. The summed E-state index contributed by atoms with van der Waals surface area (Å²) in [5.41, 5.74) is 0. The van der Waals surface area contributed by atoms with Crippen molar-refractivity contribution in [1.29, 1.82) is 0 Å². The molecular formula is C13H23NO2. The molecule has 3 unspecified atom stereocenters. The molecule has 2 fully saturated rings. The second kappa shape index (κ2) is 5.17. The lowest BCUT2D eigenvalue weighted by Gasteiger charge is -2.29. The van der Waals surface area contributed by atoms with Gasteiger partial charge in [0.05, 0.1) is 5.92 Å². The number of rotatable bonds is 5. The van der Waals surface area contributed by atoms with Crippen molar-refractivity contribution >= 4 is 5.97 Å². The number of hydrogen-bond donors (Lipinski definition) is 2. The molecule has 0 aromatic heterocycles. The predicted molar refractivity (Wildman–Crippen MR) is 63.3 cm³/mol. The van der Waals surface area contributed by atoms with Crippen LogP contribution in [0, 0.1) is 17.8 Å². The van der Waals surface area contributed by atoms with E-state index in [0.717, 1.165) is 31.7 Å². The van der Waals surface area contributed by atoms with Crippen molar-refractivity contribution in [2.45, 2.75) is 51.5 Å². The van der Waals surface area contributed by atoms with Crippen LogP contribution in [0.1, 0.15) is 45.4 Å². The Morgan fingerprint density at radius 3 is 2.62 bits per heavy atom. The fraction of sp³-hybridized carbons (Fsp3) is 0.923. The van der Waals surface area contributed by atoms with Crippen LogP contribution in [-0.2, 0) is 4.79 Å². The van der Waals surface area contributed by atoms with Crippen LogP contribution in [0.2, 0.25) is 0 Å². The van der Waals surface area contributed by atoms with E-state index in [-0.39, 0.29) is 5.92 Å². The lowest BCUT2D eigenvalue weighted by molar-refractivity contribution is -0.144. The van der Waals surface area contributed by atoms with Crippen molar-refractivity contribution in [1.82, 2.24) is 5.32 Å². The highest BCUT2D eigenvalue weighted by atomic mass is 16.4. The molecule has 0 aromatic carbocycles. The first-order chi connectivity index (χ1) is 7.68. The molecule has 3 heteroatoms. The van der Waals surface area contributed by atoms with Crippen molar-refractivity contribution < 1.29 is 9.90 Å². The molecule has 3 atom stereocenters. The van der Waals surface area contributed by atoms with Crippen molar-refractivity contribution in [3.8, 4) is 0 Å². The van der Waals surface area contributed by atoms with Gasteiger partial charge in [0, 0.05) is 6.04 Å². The van der Waals surface area contributed by atoms with E-state index in [0.29, 0.717) is 12.0 Å². The van der Waals surface area contributed by atoms with Crippen molar-refractivity contribution in [2.75, 3.05) is 6.54 Å². The molecule has 0 aromatic rings. The molecule has 0 bridgehead atoms. The summed E-state index contributed by atoms with van der Waals surface area (Å²) >= 11 is 0. The SMILES string of the molecule is CC(NCC1CCCCC1C(=O)O)C1CC1. The van der Waals surface area contributed by atoms with E-state index in [1.165, 1.54) is 19.3 Å². The van der Waals surface area contributed by atoms with Gasteiger partial charge < -0.3 is 10.4 Å². The number of carboxylic acids is 1. The quantitative estimate of drug-likeness (QED) is 0.754. The van der Waals surface area contributed by atoms with Crippen molar-refractivity contribution in [3.05, 3.63) is 0 Å². The summed E-state index contributed by atoms with van der Waals surface area (Å²) < 4.78 is 0. The number of carboxylic acid groups (broad SMARTS) is 1. The van der Waals surface area contributed by atoms with Gasteiger partial charge in [-0.2, -0.15) is 0 Å². The Balaban J connectivity index is 1.78. The van der Waals surface area contributed by atoms with Gasteiger partial charge in [-0.1, -0.05) is 12.8 Å². The molecule has 2 aliphatic carbocycles. The minimum atomic E-state index is -0.592. The van der Waals surface area contributed by atoms with E-state index in [1.807, 2.05) is 0 Å². The molecule has 0 spiro atoms. The van der Waals surface area contributed by atoms with Gasteiger partial charge >= 0.3 is 5.97 Å². The van der Waals surface area contributed by atoms with Crippen molar-refractivity contribution in [3.63, 3.8) is 0 Å². The molecule has 0 heterocycles. The molecule has 16 heavy (non-hydrogen) atoms. The number of hydrogen-bond acceptors (Lipinski definition) is 2. The Morgan fingerprint density at radius 2 is 2.00 bits per heavy atom. The molecule has 2 aliphatic rings. The summed E-state index contributed by atoms with van der Waals surface area (Å²) in [6.45, 7) is 3.13. The lowest BCUT2D eigenvalue weighted by Crippen LogP contribution is -2.38. The zero-order valence-electron chi connectivity index (χ0n) is 10.1. The first kappa shape index (κ1) is 11.9. The molecule has 0 saturated heterocycles. The Bertz CT molecular complexity index is 250. The summed E-state index contributed by atoms with van der Waals surface area (Å²) in [5.74, 6) is 0.512. The Morgan fingerprint density at radius 1 is 1.31 bits per heavy atom. The summed E-state index contributed by atoms with van der Waals surface area (Å²) in [7, 11) is 0. The first-order valence-electron chi connectivity index (χ1n) is 6.64. The van der Waals surface area contributed by atoms with Crippen LogP contribution in [0.15, 0.2) is 0 Å². The molecule has 2 N–H and O–H groups in total. The summed E-state index contributed by atoms with van der Waals surface area (Å²) in [6.07, 6.45) is 6.95. The lowest BCUT2D eigenvalue weighted by atomic mass is 9.79. The molecule has 92 valence electrons. The van der Waals surface area contributed by atoms with E-state index in [1.54, 1.807) is 0 Å². The Hall–Kier alpha value is -0.570. The van der Waals surface area contributed by atoms with Gasteiger partial charge in [0.1, 0.15) is 0 Å². The largest absolute Gasteiger partial charge is 0.481 e. The third-order valence-corrected chi connectivity index (χ3v) is 4.26.